The van der Waals surface area contributed by atoms with Gasteiger partial charge in [0.15, 0.2) is 5.76 Å². The van der Waals surface area contributed by atoms with Crippen molar-refractivity contribution in [3.05, 3.63) is 65.2 Å². The SMILES string of the molecule is COc1ccc2oc(C(=O)N(C)Cc3cccc(F)c3)c(C)c2c1. The number of benzene rings is 2. The van der Waals surface area contributed by atoms with Gasteiger partial charge in [0.25, 0.3) is 5.91 Å². The highest BCUT2D eigenvalue weighted by atomic mass is 19.1. The molecule has 0 atom stereocenters. The fourth-order valence-corrected chi connectivity index (χ4v) is 2.69. The van der Waals surface area contributed by atoms with Crippen LogP contribution in [0, 0.1) is 12.7 Å². The van der Waals surface area contributed by atoms with Crippen molar-refractivity contribution in [2.24, 2.45) is 0 Å². The lowest BCUT2D eigenvalue weighted by atomic mass is 10.1. The Kier molecular flexibility index (Phi) is 4.25. The van der Waals surface area contributed by atoms with Gasteiger partial charge in [0, 0.05) is 24.5 Å². The molecule has 0 aliphatic carbocycles. The fraction of sp³-hybridized carbons (Fsp3) is 0.211. The Labute approximate surface area is 139 Å². The number of ether oxygens (including phenoxy) is 1. The molecule has 0 radical (unpaired) electrons. The zero-order valence-electron chi connectivity index (χ0n) is 13.8. The molecule has 3 aromatic rings. The van der Waals surface area contributed by atoms with Gasteiger partial charge in [0.2, 0.25) is 0 Å². The molecule has 0 aliphatic rings. The minimum atomic E-state index is -0.319. The van der Waals surface area contributed by atoms with Crippen LogP contribution < -0.4 is 4.74 Å². The van der Waals surface area contributed by atoms with Crippen LogP contribution in [0.25, 0.3) is 11.0 Å². The summed E-state index contributed by atoms with van der Waals surface area (Å²) in [5, 5.41) is 0.844. The van der Waals surface area contributed by atoms with Crippen molar-refractivity contribution in [3.63, 3.8) is 0 Å². The first-order valence-corrected chi connectivity index (χ1v) is 7.56. The average Bonchev–Trinajstić information content (AvgIpc) is 2.90. The van der Waals surface area contributed by atoms with E-state index in [1.165, 1.54) is 17.0 Å². The molecule has 124 valence electrons. The largest absolute Gasteiger partial charge is 0.497 e. The van der Waals surface area contributed by atoms with Crippen molar-refractivity contribution in [3.8, 4) is 5.75 Å². The molecular formula is C19H18FNO3. The molecule has 1 heterocycles. The quantitative estimate of drug-likeness (QED) is 0.722. The second kappa shape index (κ2) is 6.35. The topological polar surface area (TPSA) is 42.7 Å². The highest BCUT2D eigenvalue weighted by Crippen LogP contribution is 2.29. The van der Waals surface area contributed by atoms with Crippen molar-refractivity contribution in [1.29, 1.82) is 0 Å². The van der Waals surface area contributed by atoms with Gasteiger partial charge in [-0.3, -0.25) is 4.79 Å². The molecule has 0 N–H and O–H groups in total. The van der Waals surface area contributed by atoms with Gasteiger partial charge in [0.1, 0.15) is 17.1 Å². The molecule has 0 saturated carbocycles. The number of nitrogens with zero attached hydrogens (tertiary/aromatic N) is 1. The summed E-state index contributed by atoms with van der Waals surface area (Å²) in [5.74, 6) is 0.433. The monoisotopic (exact) mass is 327 g/mol. The number of carbonyl (C=O) groups is 1. The van der Waals surface area contributed by atoms with Gasteiger partial charge < -0.3 is 14.1 Å². The number of carbonyl (C=O) groups excluding carboxylic acids is 1. The summed E-state index contributed by atoms with van der Waals surface area (Å²) in [4.78, 5) is 14.2. The average molecular weight is 327 g/mol. The van der Waals surface area contributed by atoms with Crippen LogP contribution in [-0.4, -0.2) is 25.0 Å². The fourth-order valence-electron chi connectivity index (χ4n) is 2.69. The maximum Gasteiger partial charge on any atom is 0.289 e. The molecule has 0 aliphatic heterocycles. The summed E-state index contributed by atoms with van der Waals surface area (Å²) in [6.45, 7) is 2.14. The van der Waals surface area contributed by atoms with Gasteiger partial charge in [-0.2, -0.15) is 0 Å². The Bertz CT molecular complexity index is 901. The van der Waals surface area contributed by atoms with E-state index in [2.05, 4.69) is 0 Å². The molecule has 3 rings (SSSR count). The molecule has 0 unspecified atom stereocenters. The normalized spacial score (nSPS) is 10.8. The van der Waals surface area contributed by atoms with E-state index in [1.54, 1.807) is 38.4 Å². The van der Waals surface area contributed by atoms with E-state index in [0.29, 0.717) is 17.9 Å². The first-order valence-electron chi connectivity index (χ1n) is 7.56. The van der Waals surface area contributed by atoms with Crippen LogP contribution >= 0.6 is 0 Å². The van der Waals surface area contributed by atoms with E-state index in [1.807, 2.05) is 13.0 Å². The van der Waals surface area contributed by atoms with Crippen LogP contribution in [0.2, 0.25) is 0 Å². The van der Waals surface area contributed by atoms with Crippen molar-refractivity contribution in [2.45, 2.75) is 13.5 Å². The van der Waals surface area contributed by atoms with Gasteiger partial charge in [-0.1, -0.05) is 12.1 Å². The Hall–Kier alpha value is -2.82. The number of hydrogen-bond donors (Lipinski definition) is 0. The van der Waals surface area contributed by atoms with Crippen LogP contribution in [0.4, 0.5) is 4.39 Å². The maximum absolute atomic E-state index is 13.3. The molecule has 2 aromatic carbocycles. The Balaban J connectivity index is 1.89. The van der Waals surface area contributed by atoms with E-state index < -0.39 is 0 Å². The second-order valence-electron chi connectivity index (χ2n) is 5.71. The van der Waals surface area contributed by atoms with E-state index in [4.69, 9.17) is 9.15 Å². The van der Waals surface area contributed by atoms with Gasteiger partial charge in [-0.15, -0.1) is 0 Å². The lowest BCUT2D eigenvalue weighted by Crippen LogP contribution is -2.26. The highest BCUT2D eigenvalue weighted by molar-refractivity contribution is 5.99. The summed E-state index contributed by atoms with van der Waals surface area (Å²) in [6.07, 6.45) is 0. The number of halogens is 1. The van der Waals surface area contributed by atoms with Gasteiger partial charge in [0.05, 0.1) is 7.11 Å². The molecule has 0 saturated heterocycles. The number of rotatable bonds is 4. The van der Waals surface area contributed by atoms with Crippen LogP contribution in [-0.2, 0) is 6.54 Å². The molecule has 0 spiro atoms. The van der Waals surface area contributed by atoms with Gasteiger partial charge in [-0.05, 0) is 42.8 Å². The first kappa shape index (κ1) is 16.1. The van der Waals surface area contributed by atoms with Crippen LogP contribution in [0.3, 0.4) is 0 Å². The smallest absolute Gasteiger partial charge is 0.289 e. The number of amides is 1. The zero-order chi connectivity index (χ0) is 17.3. The molecule has 5 heteroatoms. The van der Waals surface area contributed by atoms with Crippen molar-refractivity contribution in [1.82, 2.24) is 4.90 Å². The first-order chi connectivity index (χ1) is 11.5. The summed E-state index contributed by atoms with van der Waals surface area (Å²) >= 11 is 0. The third-order valence-electron chi connectivity index (χ3n) is 3.99. The summed E-state index contributed by atoms with van der Waals surface area (Å²) in [7, 11) is 3.26. The Morgan fingerprint density at radius 3 is 2.75 bits per heavy atom. The lowest BCUT2D eigenvalue weighted by molar-refractivity contribution is 0.0754. The van der Waals surface area contributed by atoms with E-state index in [9.17, 15) is 9.18 Å². The molecule has 24 heavy (non-hydrogen) atoms. The van der Waals surface area contributed by atoms with Crippen molar-refractivity contribution in [2.75, 3.05) is 14.2 Å². The van der Waals surface area contributed by atoms with Gasteiger partial charge >= 0.3 is 0 Å². The van der Waals surface area contributed by atoms with Crippen molar-refractivity contribution < 1.29 is 18.3 Å². The van der Waals surface area contributed by atoms with E-state index in [0.717, 1.165) is 16.5 Å². The minimum Gasteiger partial charge on any atom is -0.497 e. The Morgan fingerprint density at radius 1 is 1.25 bits per heavy atom. The van der Waals surface area contributed by atoms with Crippen molar-refractivity contribution >= 4 is 16.9 Å². The molecule has 4 nitrogen and oxygen atoms in total. The second-order valence-corrected chi connectivity index (χ2v) is 5.71. The number of hydrogen-bond acceptors (Lipinski definition) is 3. The summed E-state index contributed by atoms with van der Waals surface area (Å²) < 4.78 is 24.2. The third kappa shape index (κ3) is 2.97. The number of furan rings is 1. The molecule has 0 fully saturated rings. The number of methoxy groups -OCH3 is 1. The molecule has 0 bridgehead atoms. The van der Waals surface area contributed by atoms with Crippen LogP contribution in [0.1, 0.15) is 21.7 Å². The maximum atomic E-state index is 13.3. The standard InChI is InChI=1S/C19H18FNO3/c1-12-16-10-15(23-3)7-8-17(16)24-18(12)19(22)21(2)11-13-5-4-6-14(20)9-13/h4-10H,11H2,1-3H3. The minimum absolute atomic E-state index is 0.244. The highest BCUT2D eigenvalue weighted by Gasteiger charge is 2.21. The predicted molar refractivity (Wildman–Crippen MR) is 89.7 cm³/mol. The molecular weight excluding hydrogens is 309 g/mol. The molecule has 1 amide bonds. The number of aryl methyl sites for hydroxylation is 1. The summed E-state index contributed by atoms with van der Waals surface area (Å²) in [6, 6.07) is 11.6. The van der Waals surface area contributed by atoms with Crippen LogP contribution in [0.15, 0.2) is 46.9 Å². The predicted octanol–water partition coefficient (Wildman–Crippen LogP) is 4.16. The van der Waals surface area contributed by atoms with Gasteiger partial charge in [-0.25, -0.2) is 4.39 Å². The zero-order valence-corrected chi connectivity index (χ0v) is 13.8. The lowest BCUT2D eigenvalue weighted by Gasteiger charge is -2.16. The third-order valence-corrected chi connectivity index (χ3v) is 3.99. The number of fused-ring (bicyclic) bond motifs is 1. The van der Waals surface area contributed by atoms with E-state index >= 15 is 0 Å². The van der Waals surface area contributed by atoms with Crippen LogP contribution in [0.5, 0.6) is 5.75 Å². The molecule has 1 aromatic heterocycles. The summed E-state index contributed by atoms with van der Waals surface area (Å²) in [5.41, 5.74) is 2.12. The Morgan fingerprint density at radius 2 is 2.04 bits per heavy atom. The van der Waals surface area contributed by atoms with E-state index in [-0.39, 0.29) is 17.5 Å².